The summed E-state index contributed by atoms with van der Waals surface area (Å²) in [5, 5.41) is 14.0. The normalized spacial score (nSPS) is 15.4. The Hall–Kier alpha value is -3.52. The molecule has 188 valence electrons. The van der Waals surface area contributed by atoms with Crippen molar-refractivity contribution in [3.63, 3.8) is 0 Å². The molecule has 0 radical (unpaired) electrons. The molecule has 0 bridgehead atoms. The molecule has 0 aliphatic heterocycles. The Morgan fingerprint density at radius 3 is 2.64 bits per heavy atom. The zero-order valence-electron chi connectivity index (χ0n) is 21.1. The van der Waals surface area contributed by atoms with E-state index in [1.165, 1.54) is 24.8 Å². The molecular weight excluding hydrogens is 452 g/mol. The van der Waals surface area contributed by atoms with Gasteiger partial charge in [-0.2, -0.15) is 0 Å². The molecule has 1 fully saturated rings. The van der Waals surface area contributed by atoms with Crippen molar-refractivity contribution in [2.24, 2.45) is 0 Å². The highest BCUT2D eigenvalue weighted by Gasteiger charge is 2.29. The molecule has 4 aromatic rings. The standard InChI is InChI=1S/C28H34N6O2/c1-3-26(27-30-31-32-34(27)23-12-8-5-9-13-23)33(18-20-10-6-4-7-11-20)19-22-16-21-17-24(36-2)14-15-25(21)29-28(22)35/h4,6-7,10-11,14-17,23,26H,3,5,8-9,12-13,18-19H2,1-2H3,(H,29,35). The lowest BCUT2D eigenvalue weighted by molar-refractivity contribution is 0.155. The first-order valence-corrected chi connectivity index (χ1v) is 12.9. The number of tetrazole rings is 1. The van der Waals surface area contributed by atoms with Gasteiger partial charge < -0.3 is 9.72 Å². The lowest BCUT2D eigenvalue weighted by Crippen LogP contribution is -2.33. The summed E-state index contributed by atoms with van der Waals surface area (Å²) in [6, 6.07) is 18.4. The predicted molar refractivity (Wildman–Crippen MR) is 140 cm³/mol. The van der Waals surface area contributed by atoms with Crippen LogP contribution >= 0.6 is 0 Å². The van der Waals surface area contributed by atoms with Crippen molar-refractivity contribution in [2.45, 2.75) is 70.6 Å². The third-order valence-corrected chi connectivity index (χ3v) is 7.29. The van der Waals surface area contributed by atoms with Gasteiger partial charge in [0.1, 0.15) is 5.75 Å². The van der Waals surface area contributed by atoms with Crippen molar-refractivity contribution < 1.29 is 4.74 Å². The summed E-state index contributed by atoms with van der Waals surface area (Å²) in [6.07, 6.45) is 6.76. The molecule has 1 saturated carbocycles. The Morgan fingerprint density at radius 2 is 1.89 bits per heavy atom. The molecule has 5 rings (SSSR count). The van der Waals surface area contributed by atoms with Crippen LogP contribution in [0.25, 0.3) is 10.9 Å². The van der Waals surface area contributed by atoms with E-state index in [1.54, 1.807) is 7.11 Å². The Bertz CT molecular complexity index is 1340. The Labute approximate surface area is 211 Å². The van der Waals surface area contributed by atoms with Gasteiger partial charge in [-0.25, -0.2) is 4.68 Å². The quantitative estimate of drug-likeness (QED) is 0.351. The summed E-state index contributed by atoms with van der Waals surface area (Å²) in [5.41, 5.74) is 2.62. The van der Waals surface area contributed by atoms with Crippen LogP contribution < -0.4 is 10.3 Å². The average Bonchev–Trinajstić information content (AvgIpc) is 3.40. The van der Waals surface area contributed by atoms with Crippen molar-refractivity contribution in [2.75, 3.05) is 7.11 Å². The highest BCUT2D eigenvalue weighted by Crippen LogP contribution is 2.32. The van der Waals surface area contributed by atoms with Crippen LogP contribution in [0.4, 0.5) is 0 Å². The first-order valence-electron chi connectivity index (χ1n) is 12.9. The minimum Gasteiger partial charge on any atom is -0.497 e. The molecular formula is C28H34N6O2. The first kappa shape index (κ1) is 24.2. The van der Waals surface area contributed by atoms with Crippen molar-refractivity contribution in [1.29, 1.82) is 0 Å². The van der Waals surface area contributed by atoms with E-state index in [0.717, 1.165) is 41.7 Å². The maximum atomic E-state index is 13.1. The van der Waals surface area contributed by atoms with Crippen molar-refractivity contribution in [3.8, 4) is 5.75 Å². The van der Waals surface area contributed by atoms with Crippen LogP contribution in [0, 0.1) is 0 Å². The topological polar surface area (TPSA) is 88.9 Å². The fraction of sp³-hybridized carbons (Fsp3) is 0.429. The highest BCUT2D eigenvalue weighted by atomic mass is 16.5. The summed E-state index contributed by atoms with van der Waals surface area (Å²) >= 11 is 0. The minimum absolute atomic E-state index is 0.0254. The van der Waals surface area contributed by atoms with Crippen LogP contribution in [0.15, 0.2) is 59.4 Å². The van der Waals surface area contributed by atoms with E-state index < -0.39 is 0 Å². The molecule has 0 spiro atoms. The van der Waals surface area contributed by atoms with Gasteiger partial charge in [0.15, 0.2) is 5.82 Å². The lowest BCUT2D eigenvalue weighted by Gasteiger charge is -2.32. The second-order valence-corrected chi connectivity index (χ2v) is 9.66. The van der Waals surface area contributed by atoms with Gasteiger partial charge >= 0.3 is 0 Å². The second-order valence-electron chi connectivity index (χ2n) is 9.66. The Kier molecular flexibility index (Phi) is 7.41. The number of fused-ring (bicyclic) bond motifs is 1. The molecule has 2 aromatic heterocycles. The number of aromatic nitrogens is 5. The highest BCUT2D eigenvalue weighted by molar-refractivity contribution is 5.80. The monoisotopic (exact) mass is 486 g/mol. The Morgan fingerprint density at radius 1 is 1.08 bits per heavy atom. The smallest absolute Gasteiger partial charge is 0.252 e. The van der Waals surface area contributed by atoms with E-state index in [9.17, 15) is 4.79 Å². The van der Waals surface area contributed by atoms with Gasteiger partial charge in [0.05, 0.1) is 19.2 Å². The van der Waals surface area contributed by atoms with E-state index in [2.05, 4.69) is 61.3 Å². The number of rotatable bonds is 9. The molecule has 0 amide bonds. The first-order chi connectivity index (χ1) is 17.7. The van der Waals surface area contributed by atoms with E-state index >= 15 is 0 Å². The number of methoxy groups -OCH3 is 1. The van der Waals surface area contributed by atoms with Crippen LogP contribution in [-0.2, 0) is 13.1 Å². The zero-order valence-corrected chi connectivity index (χ0v) is 21.1. The van der Waals surface area contributed by atoms with Crippen LogP contribution in [0.2, 0.25) is 0 Å². The van der Waals surface area contributed by atoms with Crippen LogP contribution in [-0.4, -0.2) is 37.2 Å². The van der Waals surface area contributed by atoms with E-state index in [0.29, 0.717) is 24.7 Å². The number of hydrogen-bond acceptors (Lipinski definition) is 6. The van der Waals surface area contributed by atoms with Gasteiger partial charge in [-0.1, -0.05) is 56.5 Å². The number of hydrogen-bond donors (Lipinski definition) is 1. The van der Waals surface area contributed by atoms with Crippen LogP contribution in [0.3, 0.4) is 0 Å². The summed E-state index contributed by atoms with van der Waals surface area (Å²) < 4.78 is 7.46. The van der Waals surface area contributed by atoms with Gasteiger partial charge in [-0.15, -0.1) is 5.10 Å². The van der Waals surface area contributed by atoms with Crippen molar-refractivity contribution >= 4 is 10.9 Å². The number of H-pyrrole nitrogens is 1. The third kappa shape index (κ3) is 5.18. The molecule has 8 heteroatoms. The SMILES string of the molecule is CCC(c1nnnn1C1CCCCC1)N(Cc1ccccc1)Cc1cc2cc(OC)ccc2[nH]c1=O. The number of ether oxygens (including phenoxy) is 1. The number of nitrogens with zero attached hydrogens (tertiary/aromatic N) is 5. The maximum absolute atomic E-state index is 13.1. The van der Waals surface area contributed by atoms with Crippen LogP contribution in [0.1, 0.15) is 74.5 Å². The van der Waals surface area contributed by atoms with Gasteiger partial charge in [0, 0.05) is 29.6 Å². The lowest BCUT2D eigenvalue weighted by atomic mass is 9.95. The molecule has 1 aliphatic rings. The van der Waals surface area contributed by atoms with Gasteiger partial charge in [0.2, 0.25) is 0 Å². The molecule has 1 N–H and O–H groups in total. The minimum atomic E-state index is -0.0764. The number of nitrogens with one attached hydrogen (secondary N) is 1. The molecule has 0 saturated heterocycles. The zero-order chi connectivity index (χ0) is 24.9. The van der Waals surface area contributed by atoms with Gasteiger partial charge in [-0.05, 0) is 59.5 Å². The van der Waals surface area contributed by atoms with Gasteiger partial charge in [0.25, 0.3) is 5.56 Å². The number of pyridine rings is 1. The third-order valence-electron chi connectivity index (χ3n) is 7.29. The number of benzene rings is 2. The van der Waals surface area contributed by atoms with E-state index in [1.807, 2.05) is 30.3 Å². The van der Waals surface area contributed by atoms with Crippen molar-refractivity contribution in [3.05, 3.63) is 81.9 Å². The fourth-order valence-corrected chi connectivity index (χ4v) is 5.40. The molecule has 1 aliphatic carbocycles. The average molecular weight is 487 g/mol. The molecule has 2 aromatic carbocycles. The summed E-state index contributed by atoms with van der Waals surface area (Å²) in [6.45, 7) is 3.33. The van der Waals surface area contributed by atoms with E-state index in [4.69, 9.17) is 4.74 Å². The van der Waals surface area contributed by atoms with E-state index in [-0.39, 0.29) is 11.6 Å². The van der Waals surface area contributed by atoms with Gasteiger partial charge in [-0.3, -0.25) is 9.69 Å². The molecule has 1 unspecified atom stereocenters. The Balaban J connectivity index is 1.52. The second kappa shape index (κ2) is 11.0. The molecule has 36 heavy (non-hydrogen) atoms. The number of aromatic amines is 1. The fourth-order valence-electron chi connectivity index (χ4n) is 5.40. The summed E-state index contributed by atoms with van der Waals surface area (Å²) in [7, 11) is 1.65. The molecule has 2 heterocycles. The van der Waals surface area contributed by atoms with Crippen molar-refractivity contribution in [1.82, 2.24) is 30.1 Å². The largest absolute Gasteiger partial charge is 0.497 e. The molecule has 8 nitrogen and oxygen atoms in total. The predicted octanol–water partition coefficient (Wildman–Crippen LogP) is 5.18. The maximum Gasteiger partial charge on any atom is 0.252 e. The van der Waals surface area contributed by atoms with Crippen LogP contribution in [0.5, 0.6) is 5.75 Å². The summed E-state index contributed by atoms with van der Waals surface area (Å²) in [4.78, 5) is 18.5. The summed E-state index contributed by atoms with van der Waals surface area (Å²) in [5.74, 6) is 1.65. The molecule has 1 atom stereocenters.